The van der Waals surface area contributed by atoms with Gasteiger partial charge in [-0.2, -0.15) is 0 Å². The molecule has 0 fully saturated rings. The standard InChI is InChI=1S/C19H13ClS2/c1-21-19-15(9-5-10-16(19)20)14-8-4-7-13-12-6-2-3-11-17(12)22-18(13)14/h2-11H,1H3. The van der Waals surface area contributed by atoms with E-state index in [-0.39, 0.29) is 0 Å². The van der Waals surface area contributed by atoms with Crippen LogP contribution in [0.1, 0.15) is 0 Å². The van der Waals surface area contributed by atoms with Gasteiger partial charge in [-0.3, -0.25) is 0 Å². The van der Waals surface area contributed by atoms with Crippen molar-refractivity contribution < 1.29 is 0 Å². The number of rotatable bonds is 2. The minimum atomic E-state index is 0.822. The molecule has 4 rings (SSSR count). The molecule has 0 aliphatic rings. The molecule has 0 atom stereocenters. The monoisotopic (exact) mass is 340 g/mol. The van der Waals surface area contributed by atoms with Crippen LogP contribution in [0.5, 0.6) is 0 Å². The van der Waals surface area contributed by atoms with Gasteiger partial charge in [-0.25, -0.2) is 0 Å². The first-order chi connectivity index (χ1) is 10.8. The molecule has 0 nitrogen and oxygen atoms in total. The summed E-state index contributed by atoms with van der Waals surface area (Å²) in [5.41, 5.74) is 2.49. The fourth-order valence-electron chi connectivity index (χ4n) is 2.89. The lowest BCUT2D eigenvalue weighted by molar-refractivity contribution is 1.46. The Morgan fingerprint density at radius 2 is 1.55 bits per heavy atom. The van der Waals surface area contributed by atoms with E-state index in [1.807, 2.05) is 23.5 Å². The molecule has 0 saturated carbocycles. The Balaban J connectivity index is 2.10. The van der Waals surface area contributed by atoms with Crippen molar-refractivity contribution in [1.82, 2.24) is 0 Å². The van der Waals surface area contributed by atoms with Gasteiger partial charge in [-0.15, -0.1) is 23.1 Å². The average Bonchev–Trinajstić information content (AvgIpc) is 2.93. The minimum absolute atomic E-state index is 0.822. The molecule has 0 saturated heterocycles. The summed E-state index contributed by atoms with van der Waals surface area (Å²) in [4.78, 5) is 1.15. The Hall–Kier alpha value is -1.48. The van der Waals surface area contributed by atoms with Crippen LogP contribution in [-0.2, 0) is 0 Å². The van der Waals surface area contributed by atoms with Crippen molar-refractivity contribution in [2.45, 2.75) is 4.90 Å². The van der Waals surface area contributed by atoms with Gasteiger partial charge in [-0.05, 0) is 24.0 Å². The first-order valence-electron chi connectivity index (χ1n) is 7.02. The van der Waals surface area contributed by atoms with Gasteiger partial charge in [0, 0.05) is 30.6 Å². The summed E-state index contributed by atoms with van der Waals surface area (Å²) in [5.74, 6) is 0. The van der Waals surface area contributed by atoms with Crippen LogP contribution in [0.4, 0.5) is 0 Å². The van der Waals surface area contributed by atoms with Crippen LogP contribution in [0.25, 0.3) is 31.3 Å². The van der Waals surface area contributed by atoms with Gasteiger partial charge >= 0.3 is 0 Å². The molecule has 1 heterocycles. The van der Waals surface area contributed by atoms with Crippen molar-refractivity contribution >= 4 is 54.9 Å². The lowest BCUT2D eigenvalue weighted by atomic mass is 10.0. The summed E-state index contributed by atoms with van der Waals surface area (Å²) in [6, 6.07) is 21.3. The van der Waals surface area contributed by atoms with E-state index in [0.717, 1.165) is 9.92 Å². The molecule has 0 amide bonds. The Kier molecular flexibility index (Phi) is 3.61. The molecular weight excluding hydrogens is 328 g/mol. The summed E-state index contributed by atoms with van der Waals surface area (Å²) in [7, 11) is 0. The largest absolute Gasteiger partial charge is 0.135 e. The number of hydrogen-bond donors (Lipinski definition) is 0. The zero-order valence-corrected chi connectivity index (χ0v) is 14.4. The highest BCUT2D eigenvalue weighted by molar-refractivity contribution is 7.98. The summed E-state index contributed by atoms with van der Waals surface area (Å²) in [6.07, 6.45) is 2.08. The summed E-state index contributed by atoms with van der Waals surface area (Å²) in [6.45, 7) is 0. The number of thiophene rings is 1. The van der Waals surface area contributed by atoms with Crippen molar-refractivity contribution in [3.8, 4) is 11.1 Å². The van der Waals surface area contributed by atoms with Gasteiger partial charge in [-0.1, -0.05) is 60.1 Å². The average molecular weight is 341 g/mol. The van der Waals surface area contributed by atoms with E-state index in [0.29, 0.717) is 0 Å². The van der Waals surface area contributed by atoms with Crippen LogP contribution >= 0.6 is 34.7 Å². The maximum Gasteiger partial charge on any atom is 0.0548 e. The maximum absolute atomic E-state index is 6.39. The minimum Gasteiger partial charge on any atom is -0.135 e. The van der Waals surface area contributed by atoms with Crippen molar-refractivity contribution in [2.24, 2.45) is 0 Å². The molecule has 0 spiro atoms. The van der Waals surface area contributed by atoms with Crippen molar-refractivity contribution in [3.63, 3.8) is 0 Å². The van der Waals surface area contributed by atoms with Gasteiger partial charge in [0.15, 0.2) is 0 Å². The second-order valence-electron chi connectivity index (χ2n) is 5.10. The van der Waals surface area contributed by atoms with E-state index in [2.05, 4.69) is 54.8 Å². The van der Waals surface area contributed by atoms with Crippen LogP contribution in [0.15, 0.2) is 65.6 Å². The summed E-state index contributed by atoms with van der Waals surface area (Å²) >= 11 is 9.95. The van der Waals surface area contributed by atoms with E-state index in [1.54, 1.807) is 11.8 Å². The summed E-state index contributed by atoms with van der Waals surface area (Å²) in [5, 5.41) is 3.48. The zero-order chi connectivity index (χ0) is 15.1. The third-order valence-electron chi connectivity index (χ3n) is 3.87. The van der Waals surface area contributed by atoms with E-state index < -0.39 is 0 Å². The van der Waals surface area contributed by atoms with Gasteiger partial charge < -0.3 is 0 Å². The topological polar surface area (TPSA) is 0 Å². The molecule has 0 N–H and O–H groups in total. The Bertz CT molecular complexity index is 985. The van der Waals surface area contributed by atoms with E-state index >= 15 is 0 Å². The summed E-state index contributed by atoms with van der Waals surface area (Å²) < 4.78 is 2.67. The number of hydrogen-bond acceptors (Lipinski definition) is 2. The zero-order valence-electron chi connectivity index (χ0n) is 12.0. The number of benzene rings is 3. The number of halogens is 1. The Labute approximate surface area is 142 Å². The number of fused-ring (bicyclic) bond motifs is 3. The van der Waals surface area contributed by atoms with E-state index in [4.69, 9.17) is 11.6 Å². The molecule has 4 aromatic rings. The highest BCUT2D eigenvalue weighted by Gasteiger charge is 2.13. The molecule has 0 aliphatic carbocycles. The van der Waals surface area contributed by atoms with Crippen LogP contribution in [0, 0.1) is 0 Å². The normalized spacial score (nSPS) is 11.4. The highest BCUT2D eigenvalue weighted by Crippen LogP contribution is 2.43. The van der Waals surface area contributed by atoms with Gasteiger partial charge in [0.2, 0.25) is 0 Å². The first-order valence-corrected chi connectivity index (χ1v) is 9.44. The van der Waals surface area contributed by atoms with Gasteiger partial charge in [0.05, 0.1) is 5.02 Å². The smallest absolute Gasteiger partial charge is 0.0548 e. The van der Waals surface area contributed by atoms with Gasteiger partial charge in [0.25, 0.3) is 0 Å². The van der Waals surface area contributed by atoms with E-state index in [1.165, 1.54) is 31.3 Å². The predicted molar refractivity (Wildman–Crippen MR) is 102 cm³/mol. The second kappa shape index (κ2) is 5.62. The fraction of sp³-hybridized carbons (Fsp3) is 0.0526. The lowest BCUT2D eigenvalue weighted by Gasteiger charge is -2.10. The fourth-order valence-corrected chi connectivity index (χ4v) is 5.19. The molecule has 22 heavy (non-hydrogen) atoms. The molecule has 0 aliphatic heterocycles. The van der Waals surface area contributed by atoms with Gasteiger partial charge in [0.1, 0.15) is 0 Å². The predicted octanol–water partition coefficient (Wildman–Crippen LogP) is 7.10. The third kappa shape index (κ3) is 2.14. The molecular formula is C19H13ClS2. The molecule has 1 aromatic heterocycles. The van der Waals surface area contributed by atoms with Crippen molar-refractivity contribution in [3.05, 3.63) is 65.7 Å². The Morgan fingerprint density at radius 3 is 2.41 bits per heavy atom. The molecule has 0 unspecified atom stereocenters. The molecule has 0 radical (unpaired) electrons. The van der Waals surface area contributed by atoms with E-state index in [9.17, 15) is 0 Å². The van der Waals surface area contributed by atoms with Crippen LogP contribution in [0.2, 0.25) is 5.02 Å². The van der Waals surface area contributed by atoms with Crippen molar-refractivity contribution in [2.75, 3.05) is 6.26 Å². The molecule has 3 heteroatoms. The SMILES string of the molecule is CSc1c(Cl)cccc1-c1cccc2c1sc1ccccc12. The highest BCUT2D eigenvalue weighted by atomic mass is 35.5. The molecule has 3 aromatic carbocycles. The third-order valence-corrected chi connectivity index (χ3v) is 6.36. The lowest BCUT2D eigenvalue weighted by Crippen LogP contribution is -1.83. The van der Waals surface area contributed by atoms with Crippen LogP contribution in [-0.4, -0.2) is 6.26 Å². The van der Waals surface area contributed by atoms with Crippen molar-refractivity contribution in [1.29, 1.82) is 0 Å². The molecule has 0 bridgehead atoms. The second-order valence-corrected chi connectivity index (χ2v) is 7.38. The quantitative estimate of drug-likeness (QED) is 0.351. The molecule has 108 valence electrons. The Morgan fingerprint density at radius 1 is 0.818 bits per heavy atom. The van der Waals surface area contributed by atoms with Crippen LogP contribution < -0.4 is 0 Å². The maximum atomic E-state index is 6.39. The first kappa shape index (κ1) is 14.1. The number of thioether (sulfide) groups is 1. The van der Waals surface area contributed by atoms with Crippen LogP contribution in [0.3, 0.4) is 0 Å².